The Morgan fingerprint density at radius 1 is 0.420 bits per heavy atom. The van der Waals surface area contributed by atoms with E-state index >= 15 is 0 Å². The summed E-state index contributed by atoms with van der Waals surface area (Å²) in [6.45, 7) is 0. The average molecular weight is 645 g/mol. The summed E-state index contributed by atoms with van der Waals surface area (Å²) in [6.07, 6.45) is 0. The molecule has 0 saturated carbocycles. The fraction of sp³-hybridized carbons (Fsp3) is 0. The van der Waals surface area contributed by atoms with Crippen molar-refractivity contribution in [1.82, 2.24) is 14.5 Å². The summed E-state index contributed by atoms with van der Waals surface area (Å²) in [5.74, 6) is 1.19. The van der Waals surface area contributed by atoms with Crippen LogP contribution in [0.1, 0.15) is 0 Å². The van der Waals surface area contributed by atoms with Gasteiger partial charge in [-0.1, -0.05) is 72.8 Å². The fourth-order valence-electron chi connectivity index (χ4n) is 6.91. The van der Waals surface area contributed by atoms with Crippen molar-refractivity contribution >= 4 is 61.1 Å². The smallest absolute Gasteiger partial charge is 0.227 e. The molecule has 0 aliphatic rings. The summed E-state index contributed by atoms with van der Waals surface area (Å²) < 4.78 is 15.0. The lowest BCUT2D eigenvalue weighted by Gasteiger charge is -2.25. The number of hydrogen-bond donors (Lipinski definition) is 0. The number of nitrogens with zero attached hydrogens (tertiary/aromatic N) is 4. The number of fused-ring (bicyclic) bond motifs is 5. The molecular weight excluding hydrogens is 617 g/mol. The van der Waals surface area contributed by atoms with Gasteiger partial charge in [0, 0.05) is 56.8 Å². The third kappa shape index (κ3) is 4.65. The second-order valence-electron chi connectivity index (χ2n) is 12.3. The molecule has 0 unspecified atom stereocenters. The molecule has 7 aromatic carbocycles. The molecule has 10 aromatic rings. The number of hydrogen-bond acceptors (Lipinski definition) is 5. The van der Waals surface area contributed by atoms with Gasteiger partial charge in [0.15, 0.2) is 11.2 Å². The van der Waals surface area contributed by atoms with Gasteiger partial charge < -0.3 is 18.3 Å². The quantitative estimate of drug-likeness (QED) is 0.180. The van der Waals surface area contributed by atoms with Gasteiger partial charge in [0.1, 0.15) is 11.0 Å². The van der Waals surface area contributed by atoms with Crippen LogP contribution in [0.5, 0.6) is 0 Å². The minimum absolute atomic E-state index is 0.594. The Labute approximate surface area is 287 Å². The van der Waals surface area contributed by atoms with Crippen LogP contribution in [0.2, 0.25) is 0 Å². The van der Waals surface area contributed by atoms with Crippen LogP contribution in [0.4, 0.5) is 17.1 Å². The van der Waals surface area contributed by atoms with E-state index in [1.54, 1.807) is 0 Å². The van der Waals surface area contributed by atoms with Crippen LogP contribution < -0.4 is 4.90 Å². The molecule has 0 fully saturated rings. The van der Waals surface area contributed by atoms with E-state index in [2.05, 4.69) is 107 Å². The molecule has 6 heteroatoms. The Morgan fingerprint density at radius 3 is 1.36 bits per heavy atom. The Bertz CT molecular complexity index is 2640. The standard InChI is InChI=1S/C44H28N4O2/c1-3-11-29(12-4-1)43-45-37-25-23-33(27-41(37)49-43)47(34-24-26-38-42(28-34)50-44(46-38)30-13-5-2-6-14-30)31-19-21-32(22-20-31)48-39-17-9-7-15-35(39)36-16-8-10-18-40(36)48/h1-28H. The van der Waals surface area contributed by atoms with E-state index in [-0.39, 0.29) is 0 Å². The van der Waals surface area contributed by atoms with Crippen molar-refractivity contribution in [1.29, 1.82) is 0 Å². The molecule has 6 nitrogen and oxygen atoms in total. The van der Waals surface area contributed by atoms with Gasteiger partial charge in [-0.15, -0.1) is 0 Å². The molecule has 0 atom stereocenters. The number of oxazole rings is 2. The van der Waals surface area contributed by atoms with Crippen molar-refractivity contribution in [2.45, 2.75) is 0 Å². The summed E-state index contributed by atoms with van der Waals surface area (Å²) in [6, 6.07) is 58.1. The Hall–Kier alpha value is -6.92. The third-order valence-electron chi connectivity index (χ3n) is 9.25. The predicted octanol–water partition coefficient (Wildman–Crippen LogP) is 11.9. The van der Waals surface area contributed by atoms with Crippen LogP contribution in [0, 0.1) is 0 Å². The maximum absolute atomic E-state index is 6.32. The van der Waals surface area contributed by atoms with Gasteiger partial charge in [0.2, 0.25) is 11.8 Å². The minimum Gasteiger partial charge on any atom is -0.436 e. The van der Waals surface area contributed by atoms with Gasteiger partial charge in [0.05, 0.1) is 11.0 Å². The van der Waals surface area contributed by atoms with Crippen molar-refractivity contribution in [2.24, 2.45) is 0 Å². The number of para-hydroxylation sites is 2. The molecule has 3 aromatic heterocycles. The maximum atomic E-state index is 6.32. The normalized spacial score (nSPS) is 11.6. The molecular formula is C44H28N4O2. The second kappa shape index (κ2) is 11.4. The average Bonchev–Trinajstić information content (AvgIpc) is 3.90. The Balaban J connectivity index is 1.11. The molecule has 3 heterocycles. The largest absolute Gasteiger partial charge is 0.436 e. The molecule has 236 valence electrons. The summed E-state index contributed by atoms with van der Waals surface area (Å²) in [4.78, 5) is 11.8. The van der Waals surface area contributed by atoms with Crippen molar-refractivity contribution in [2.75, 3.05) is 4.90 Å². The van der Waals surface area contributed by atoms with Crippen molar-refractivity contribution in [3.63, 3.8) is 0 Å². The van der Waals surface area contributed by atoms with Crippen LogP contribution in [-0.2, 0) is 0 Å². The van der Waals surface area contributed by atoms with Crippen LogP contribution in [0.25, 0.3) is 72.6 Å². The van der Waals surface area contributed by atoms with Crippen LogP contribution >= 0.6 is 0 Å². The second-order valence-corrected chi connectivity index (χ2v) is 12.3. The first-order valence-corrected chi connectivity index (χ1v) is 16.6. The van der Waals surface area contributed by atoms with E-state index in [1.807, 2.05) is 72.8 Å². The first-order chi connectivity index (χ1) is 24.8. The Kier molecular flexibility index (Phi) is 6.39. The SMILES string of the molecule is c1ccc(-c2nc3ccc(N(c4ccc(-n5c6ccccc6c6ccccc65)cc4)c4ccc5nc(-c6ccccc6)oc5c4)cc3o2)cc1. The van der Waals surface area contributed by atoms with Crippen molar-refractivity contribution in [3.05, 3.63) is 170 Å². The van der Waals surface area contributed by atoms with Crippen molar-refractivity contribution in [3.8, 4) is 28.6 Å². The number of benzene rings is 7. The van der Waals surface area contributed by atoms with Gasteiger partial charge in [-0.25, -0.2) is 9.97 Å². The van der Waals surface area contributed by atoms with Gasteiger partial charge in [0.25, 0.3) is 0 Å². The molecule has 0 aliphatic carbocycles. The zero-order chi connectivity index (χ0) is 33.0. The lowest BCUT2D eigenvalue weighted by atomic mass is 10.1. The molecule has 10 rings (SSSR count). The van der Waals surface area contributed by atoms with E-state index in [1.165, 1.54) is 21.8 Å². The highest BCUT2D eigenvalue weighted by molar-refractivity contribution is 6.09. The lowest BCUT2D eigenvalue weighted by Crippen LogP contribution is -2.10. The predicted molar refractivity (Wildman–Crippen MR) is 201 cm³/mol. The van der Waals surface area contributed by atoms with Crippen LogP contribution in [0.15, 0.2) is 179 Å². The van der Waals surface area contributed by atoms with E-state index in [0.717, 1.165) is 44.9 Å². The van der Waals surface area contributed by atoms with Gasteiger partial charge in [-0.3, -0.25) is 0 Å². The summed E-state index contributed by atoms with van der Waals surface area (Å²) in [5, 5.41) is 2.47. The summed E-state index contributed by atoms with van der Waals surface area (Å²) in [7, 11) is 0. The Morgan fingerprint density at radius 2 is 0.860 bits per heavy atom. The first kappa shape index (κ1) is 28.1. The van der Waals surface area contributed by atoms with Crippen LogP contribution in [-0.4, -0.2) is 14.5 Å². The number of anilines is 3. The molecule has 0 saturated heterocycles. The molecule has 0 N–H and O–H groups in total. The van der Waals surface area contributed by atoms with Crippen LogP contribution in [0.3, 0.4) is 0 Å². The van der Waals surface area contributed by atoms with E-state index in [0.29, 0.717) is 22.9 Å². The minimum atomic E-state index is 0.594. The van der Waals surface area contributed by atoms with E-state index in [4.69, 9.17) is 18.8 Å². The molecule has 0 spiro atoms. The van der Waals surface area contributed by atoms with E-state index in [9.17, 15) is 0 Å². The van der Waals surface area contributed by atoms with Gasteiger partial charge in [-0.05, 0) is 84.9 Å². The topological polar surface area (TPSA) is 60.2 Å². The highest BCUT2D eigenvalue weighted by Gasteiger charge is 2.19. The van der Waals surface area contributed by atoms with Gasteiger partial charge in [-0.2, -0.15) is 0 Å². The molecule has 0 radical (unpaired) electrons. The first-order valence-electron chi connectivity index (χ1n) is 16.6. The molecule has 50 heavy (non-hydrogen) atoms. The molecule has 0 aliphatic heterocycles. The highest BCUT2D eigenvalue weighted by Crippen LogP contribution is 2.40. The summed E-state index contributed by atoms with van der Waals surface area (Å²) >= 11 is 0. The van der Waals surface area contributed by atoms with Crippen molar-refractivity contribution < 1.29 is 8.83 Å². The molecule has 0 amide bonds. The summed E-state index contributed by atoms with van der Waals surface area (Å²) in [5.41, 5.74) is 11.2. The zero-order valence-electron chi connectivity index (χ0n) is 26.8. The zero-order valence-corrected chi connectivity index (χ0v) is 26.8. The number of rotatable bonds is 6. The maximum Gasteiger partial charge on any atom is 0.227 e. The monoisotopic (exact) mass is 644 g/mol. The highest BCUT2D eigenvalue weighted by atomic mass is 16.4. The molecule has 0 bridgehead atoms. The third-order valence-corrected chi connectivity index (χ3v) is 9.25. The van der Waals surface area contributed by atoms with E-state index < -0.39 is 0 Å². The lowest BCUT2D eigenvalue weighted by molar-refractivity contribution is 0.620. The van der Waals surface area contributed by atoms with Gasteiger partial charge >= 0.3 is 0 Å². The number of aromatic nitrogens is 3. The fourth-order valence-corrected chi connectivity index (χ4v) is 6.91.